The molecule has 0 aliphatic carbocycles. The molecule has 0 atom stereocenters. The zero-order chi connectivity index (χ0) is 13.1. The van der Waals surface area contributed by atoms with Gasteiger partial charge in [0.2, 0.25) is 0 Å². The number of rotatable bonds is 4. The molecule has 0 saturated carbocycles. The molecular formula is C13H15ClN2OS. The molecule has 0 amide bonds. The molecule has 0 bridgehead atoms. The van der Waals surface area contributed by atoms with E-state index in [1.165, 1.54) is 4.88 Å². The molecular weight excluding hydrogens is 268 g/mol. The average molecular weight is 283 g/mol. The van der Waals surface area contributed by atoms with E-state index in [1.54, 1.807) is 24.5 Å². The number of halogens is 1. The van der Waals surface area contributed by atoms with Crippen LogP contribution in [0.4, 0.5) is 11.4 Å². The number of nitrogens with zero attached hydrogens (tertiary/aromatic N) is 1. The summed E-state index contributed by atoms with van der Waals surface area (Å²) in [5.74, 6) is 0.765. The van der Waals surface area contributed by atoms with Gasteiger partial charge in [0.1, 0.15) is 5.75 Å². The van der Waals surface area contributed by atoms with Gasteiger partial charge in [0.15, 0.2) is 0 Å². The lowest BCUT2D eigenvalue weighted by Crippen LogP contribution is -2.15. The van der Waals surface area contributed by atoms with Crippen LogP contribution < -0.4 is 15.4 Å². The zero-order valence-electron chi connectivity index (χ0n) is 10.3. The minimum Gasteiger partial charge on any atom is -0.497 e. The van der Waals surface area contributed by atoms with Crippen LogP contribution in [0.2, 0.25) is 4.34 Å². The average Bonchev–Trinajstić information content (AvgIpc) is 2.73. The summed E-state index contributed by atoms with van der Waals surface area (Å²) < 4.78 is 6.02. The number of thiophene rings is 1. The fraction of sp³-hybridized carbons (Fsp3) is 0.231. The highest BCUT2D eigenvalue weighted by atomic mass is 35.5. The number of methoxy groups -OCH3 is 1. The van der Waals surface area contributed by atoms with E-state index in [0.717, 1.165) is 22.3 Å². The van der Waals surface area contributed by atoms with Gasteiger partial charge in [-0.05, 0) is 18.2 Å². The van der Waals surface area contributed by atoms with Gasteiger partial charge in [-0.15, -0.1) is 11.3 Å². The summed E-state index contributed by atoms with van der Waals surface area (Å²) in [6.07, 6.45) is 0. The molecule has 0 saturated heterocycles. The molecule has 2 aromatic rings. The fourth-order valence-electron chi connectivity index (χ4n) is 1.71. The normalized spacial score (nSPS) is 10.4. The molecule has 0 aliphatic rings. The Labute approximate surface area is 116 Å². The first kappa shape index (κ1) is 13.1. The number of hydrogen-bond donors (Lipinski definition) is 1. The van der Waals surface area contributed by atoms with Gasteiger partial charge in [0.25, 0.3) is 0 Å². The Morgan fingerprint density at radius 1 is 1.33 bits per heavy atom. The van der Waals surface area contributed by atoms with E-state index < -0.39 is 0 Å². The topological polar surface area (TPSA) is 38.5 Å². The fourth-order valence-corrected chi connectivity index (χ4v) is 2.85. The number of benzene rings is 1. The number of ether oxygens (including phenoxy) is 1. The van der Waals surface area contributed by atoms with Gasteiger partial charge in [-0.3, -0.25) is 0 Å². The Kier molecular flexibility index (Phi) is 3.99. The number of anilines is 2. The highest BCUT2D eigenvalue weighted by Gasteiger charge is 2.07. The molecule has 2 rings (SSSR count). The predicted octanol–water partition coefficient (Wildman–Crippen LogP) is 3.63. The summed E-state index contributed by atoms with van der Waals surface area (Å²) in [7, 11) is 3.65. The van der Waals surface area contributed by atoms with Gasteiger partial charge in [-0.25, -0.2) is 0 Å². The summed E-state index contributed by atoms with van der Waals surface area (Å²) in [6.45, 7) is 0.796. The SMILES string of the molecule is COc1cc(N)cc(N(C)Cc2ccc(Cl)s2)c1. The third-order valence-electron chi connectivity index (χ3n) is 2.61. The van der Waals surface area contributed by atoms with Crippen molar-refractivity contribution < 1.29 is 4.74 Å². The van der Waals surface area contributed by atoms with Gasteiger partial charge in [-0.2, -0.15) is 0 Å². The minimum atomic E-state index is 0.695. The molecule has 18 heavy (non-hydrogen) atoms. The van der Waals surface area contributed by atoms with Crippen molar-refractivity contribution in [3.8, 4) is 5.75 Å². The number of nitrogen functional groups attached to an aromatic ring is 1. The number of hydrogen-bond acceptors (Lipinski definition) is 4. The van der Waals surface area contributed by atoms with Gasteiger partial charge in [0.05, 0.1) is 18.0 Å². The molecule has 0 fully saturated rings. The van der Waals surface area contributed by atoms with Crippen molar-refractivity contribution in [3.05, 3.63) is 39.5 Å². The summed E-state index contributed by atoms with van der Waals surface area (Å²) in [6, 6.07) is 9.64. The lowest BCUT2D eigenvalue weighted by Gasteiger charge is -2.19. The van der Waals surface area contributed by atoms with Crippen molar-refractivity contribution in [1.29, 1.82) is 0 Å². The van der Waals surface area contributed by atoms with Crippen molar-refractivity contribution in [3.63, 3.8) is 0 Å². The molecule has 1 aromatic carbocycles. The highest BCUT2D eigenvalue weighted by Crippen LogP contribution is 2.28. The van der Waals surface area contributed by atoms with E-state index in [9.17, 15) is 0 Å². The van der Waals surface area contributed by atoms with Crippen LogP contribution in [0.25, 0.3) is 0 Å². The predicted molar refractivity (Wildman–Crippen MR) is 78.8 cm³/mol. The van der Waals surface area contributed by atoms with Crippen molar-refractivity contribution in [2.45, 2.75) is 6.54 Å². The van der Waals surface area contributed by atoms with Crippen LogP contribution in [0.1, 0.15) is 4.88 Å². The first-order chi connectivity index (χ1) is 8.58. The Bertz CT molecular complexity index is 542. The van der Waals surface area contributed by atoms with E-state index in [4.69, 9.17) is 22.1 Å². The van der Waals surface area contributed by atoms with Crippen LogP contribution >= 0.6 is 22.9 Å². The second kappa shape index (κ2) is 5.50. The van der Waals surface area contributed by atoms with Crippen molar-refractivity contribution in [1.82, 2.24) is 0 Å². The van der Waals surface area contributed by atoms with E-state index in [2.05, 4.69) is 4.90 Å². The van der Waals surface area contributed by atoms with Crippen LogP contribution in [0.3, 0.4) is 0 Å². The lowest BCUT2D eigenvalue weighted by molar-refractivity contribution is 0.415. The second-order valence-corrected chi connectivity index (χ2v) is 5.83. The molecule has 5 heteroatoms. The van der Waals surface area contributed by atoms with Crippen molar-refractivity contribution in [2.75, 3.05) is 24.8 Å². The highest BCUT2D eigenvalue weighted by molar-refractivity contribution is 7.16. The summed E-state index contributed by atoms with van der Waals surface area (Å²) in [5.41, 5.74) is 7.56. The maximum Gasteiger partial charge on any atom is 0.122 e. The standard InChI is InChI=1S/C13H15ClN2OS/c1-16(8-12-3-4-13(14)18-12)10-5-9(15)6-11(7-10)17-2/h3-7H,8,15H2,1-2H3. The largest absolute Gasteiger partial charge is 0.497 e. The Balaban J connectivity index is 2.17. The second-order valence-electron chi connectivity index (χ2n) is 4.03. The van der Waals surface area contributed by atoms with E-state index in [-0.39, 0.29) is 0 Å². The molecule has 0 aliphatic heterocycles. The Morgan fingerprint density at radius 3 is 2.72 bits per heavy atom. The zero-order valence-corrected chi connectivity index (χ0v) is 11.9. The van der Waals surface area contributed by atoms with Crippen LogP contribution in [0, 0.1) is 0 Å². The molecule has 1 heterocycles. The molecule has 3 nitrogen and oxygen atoms in total. The quantitative estimate of drug-likeness (QED) is 0.871. The first-order valence-electron chi connectivity index (χ1n) is 5.48. The molecule has 2 N–H and O–H groups in total. The molecule has 0 spiro atoms. The van der Waals surface area contributed by atoms with E-state index in [0.29, 0.717) is 5.69 Å². The maximum atomic E-state index is 5.92. The van der Waals surface area contributed by atoms with E-state index in [1.807, 2.05) is 31.3 Å². The van der Waals surface area contributed by atoms with Crippen LogP contribution in [-0.4, -0.2) is 14.2 Å². The minimum absolute atomic E-state index is 0.695. The maximum absolute atomic E-state index is 5.92. The van der Waals surface area contributed by atoms with Gasteiger partial charge >= 0.3 is 0 Å². The Hall–Kier alpha value is -1.39. The van der Waals surface area contributed by atoms with E-state index >= 15 is 0 Å². The molecule has 96 valence electrons. The summed E-state index contributed by atoms with van der Waals surface area (Å²) in [5, 5.41) is 0. The van der Waals surface area contributed by atoms with Crippen molar-refractivity contribution >= 4 is 34.3 Å². The first-order valence-corrected chi connectivity index (χ1v) is 6.68. The summed E-state index contributed by atoms with van der Waals surface area (Å²) >= 11 is 7.51. The smallest absolute Gasteiger partial charge is 0.122 e. The van der Waals surface area contributed by atoms with Crippen LogP contribution in [0.5, 0.6) is 5.75 Å². The Morgan fingerprint density at radius 2 is 2.11 bits per heavy atom. The van der Waals surface area contributed by atoms with Gasteiger partial charge < -0.3 is 15.4 Å². The monoisotopic (exact) mass is 282 g/mol. The third-order valence-corrected chi connectivity index (χ3v) is 3.83. The van der Waals surface area contributed by atoms with Gasteiger partial charge in [0, 0.05) is 35.4 Å². The number of nitrogens with two attached hydrogens (primary N) is 1. The third kappa shape index (κ3) is 3.09. The molecule has 0 radical (unpaired) electrons. The van der Waals surface area contributed by atoms with Crippen LogP contribution in [-0.2, 0) is 6.54 Å². The molecule has 1 aromatic heterocycles. The van der Waals surface area contributed by atoms with Crippen molar-refractivity contribution in [2.24, 2.45) is 0 Å². The van der Waals surface area contributed by atoms with Gasteiger partial charge in [-0.1, -0.05) is 11.6 Å². The molecule has 0 unspecified atom stereocenters. The van der Waals surface area contributed by atoms with Crippen LogP contribution in [0.15, 0.2) is 30.3 Å². The summed E-state index contributed by atoms with van der Waals surface area (Å²) in [4.78, 5) is 3.32. The lowest BCUT2D eigenvalue weighted by atomic mass is 10.2.